The van der Waals surface area contributed by atoms with E-state index in [-0.39, 0.29) is 5.91 Å². The third kappa shape index (κ3) is 5.54. The number of nitrogens with zero attached hydrogens (tertiary/aromatic N) is 2. The Balaban J connectivity index is 1.81. The van der Waals surface area contributed by atoms with Crippen molar-refractivity contribution in [3.05, 3.63) is 54.1 Å². The normalized spacial score (nSPS) is 9.96. The van der Waals surface area contributed by atoms with Gasteiger partial charge in [0.1, 0.15) is 0 Å². The lowest BCUT2D eigenvalue weighted by molar-refractivity contribution is -0.115. The van der Waals surface area contributed by atoms with Crippen LogP contribution in [0.3, 0.4) is 0 Å². The molecule has 2 aromatic rings. The Morgan fingerprint density at radius 2 is 1.80 bits per heavy atom. The van der Waals surface area contributed by atoms with Crippen LogP contribution >= 0.6 is 0 Å². The fourth-order valence-electron chi connectivity index (χ4n) is 2.59. The predicted octanol–water partition coefficient (Wildman–Crippen LogP) is 3.85. The average molecular weight is 336 g/mol. The zero-order valence-corrected chi connectivity index (χ0v) is 14.7. The number of hydrogen-bond acceptors (Lipinski definition) is 4. The summed E-state index contributed by atoms with van der Waals surface area (Å²) in [6, 6.07) is 17.2. The van der Waals surface area contributed by atoms with Gasteiger partial charge in [0, 0.05) is 43.1 Å². The third-order valence-corrected chi connectivity index (χ3v) is 3.95. The number of hydrogen-bond donors (Lipinski definition) is 2. The quantitative estimate of drug-likeness (QED) is 0.768. The molecule has 0 saturated carbocycles. The van der Waals surface area contributed by atoms with Gasteiger partial charge in [0.25, 0.3) is 0 Å². The molecule has 0 atom stereocenters. The van der Waals surface area contributed by atoms with Gasteiger partial charge in [0.05, 0.1) is 11.6 Å². The average Bonchev–Trinajstić information content (AvgIpc) is 2.64. The topological polar surface area (TPSA) is 68.2 Å². The first-order valence-electron chi connectivity index (χ1n) is 8.55. The summed E-state index contributed by atoms with van der Waals surface area (Å²) in [6.45, 7) is 6.68. The van der Waals surface area contributed by atoms with Crippen LogP contribution in [0.5, 0.6) is 0 Å². The minimum Gasteiger partial charge on any atom is -0.384 e. The van der Waals surface area contributed by atoms with Crippen LogP contribution in [0.2, 0.25) is 0 Å². The van der Waals surface area contributed by atoms with Crippen LogP contribution in [0.15, 0.2) is 48.5 Å². The van der Waals surface area contributed by atoms with Gasteiger partial charge in [-0.05, 0) is 56.3 Å². The van der Waals surface area contributed by atoms with Crippen molar-refractivity contribution in [1.29, 1.82) is 5.26 Å². The first-order valence-corrected chi connectivity index (χ1v) is 8.55. The lowest BCUT2D eigenvalue weighted by Crippen LogP contribution is -2.21. The first kappa shape index (κ1) is 18.3. The molecule has 2 N–H and O–H groups in total. The van der Waals surface area contributed by atoms with Gasteiger partial charge >= 0.3 is 0 Å². The highest BCUT2D eigenvalue weighted by Crippen LogP contribution is 2.18. The number of amides is 1. The minimum absolute atomic E-state index is 0.0421. The van der Waals surface area contributed by atoms with E-state index < -0.39 is 0 Å². The summed E-state index contributed by atoms with van der Waals surface area (Å²) in [6.07, 6.45) is 0.356. The number of anilines is 3. The summed E-state index contributed by atoms with van der Waals surface area (Å²) in [7, 11) is 0. The standard InChI is InChI=1S/C20H24N4O/c1-3-24(4-2)19-10-8-17(9-11-19)23-20(25)12-13-22-18-7-5-6-16(14-18)15-21/h5-11,14,22H,3-4,12-13H2,1-2H3,(H,23,25). The highest BCUT2D eigenvalue weighted by atomic mass is 16.1. The van der Waals surface area contributed by atoms with E-state index in [1.807, 2.05) is 36.4 Å². The molecule has 0 radical (unpaired) electrons. The van der Waals surface area contributed by atoms with Gasteiger partial charge in [-0.25, -0.2) is 0 Å². The summed E-state index contributed by atoms with van der Waals surface area (Å²) < 4.78 is 0. The van der Waals surface area contributed by atoms with Gasteiger partial charge in [-0.2, -0.15) is 5.26 Å². The van der Waals surface area contributed by atoms with Crippen molar-refractivity contribution in [3.63, 3.8) is 0 Å². The summed E-state index contributed by atoms with van der Waals surface area (Å²) >= 11 is 0. The fraction of sp³-hybridized carbons (Fsp3) is 0.300. The lowest BCUT2D eigenvalue weighted by atomic mass is 10.2. The van der Waals surface area contributed by atoms with Crippen LogP contribution in [-0.4, -0.2) is 25.5 Å². The van der Waals surface area contributed by atoms with E-state index >= 15 is 0 Å². The van der Waals surface area contributed by atoms with E-state index in [9.17, 15) is 4.79 Å². The highest BCUT2D eigenvalue weighted by molar-refractivity contribution is 5.91. The molecule has 0 spiro atoms. The van der Waals surface area contributed by atoms with E-state index in [1.165, 1.54) is 0 Å². The molecule has 2 aromatic carbocycles. The Morgan fingerprint density at radius 1 is 1.08 bits per heavy atom. The van der Waals surface area contributed by atoms with Crippen molar-refractivity contribution >= 4 is 23.0 Å². The molecular weight excluding hydrogens is 312 g/mol. The molecule has 0 aliphatic heterocycles. The molecule has 0 aromatic heterocycles. The number of nitriles is 1. The largest absolute Gasteiger partial charge is 0.384 e. The van der Waals surface area contributed by atoms with E-state index in [1.54, 1.807) is 12.1 Å². The van der Waals surface area contributed by atoms with Crippen LogP contribution in [-0.2, 0) is 4.79 Å². The maximum absolute atomic E-state index is 12.0. The van der Waals surface area contributed by atoms with Crippen molar-refractivity contribution in [2.24, 2.45) is 0 Å². The molecule has 0 aliphatic carbocycles. The van der Waals surface area contributed by atoms with Crippen LogP contribution in [0, 0.1) is 11.3 Å². The molecule has 1 amide bonds. The van der Waals surface area contributed by atoms with Gasteiger partial charge in [-0.15, -0.1) is 0 Å². The monoisotopic (exact) mass is 336 g/mol. The van der Waals surface area contributed by atoms with Crippen LogP contribution in [0.25, 0.3) is 0 Å². The molecule has 0 fully saturated rings. The van der Waals surface area contributed by atoms with Crippen LogP contribution in [0.4, 0.5) is 17.1 Å². The molecule has 5 nitrogen and oxygen atoms in total. The van der Waals surface area contributed by atoms with E-state index in [0.29, 0.717) is 18.5 Å². The molecule has 25 heavy (non-hydrogen) atoms. The zero-order valence-electron chi connectivity index (χ0n) is 14.7. The SMILES string of the molecule is CCN(CC)c1ccc(NC(=O)CCNc2cccc(C#N)c2)cc1. The fourth-order valence-corrected chi connectivity index (χ4v) is 2.59. The number of carbonyl (C=O) groups is 1. The smallest absolute Gasteiger partial charge is 0.226 e. The number of rotatable bonds is 8. The summed E-state index contributed by atoms with van der Waals surface area (Å²) in [5.74, 6) is -0.0421. The molecular formula is C20H24N4O. The van der Waals surface area contributed by atoms with Gasteiger partial charge < -0.3 is 15.5 Å². The van der Waals surface area contributed by atoms with Crippen molar-refractivity contribution in [3.8, 4) is 6.07 Å². The van der Waals surface area contributed by atoms with E-state index in [0.717, 1.165) is 30.2 Å². The molecule has 0 unspecified atom stereocenters. The Hall–Kier alpha value is -3.00. The molecule has 2 rings (SSSR count). The minimum atomic E-state index is -0.0421. The van der Waals surface area contributed by atoms with Crippen LogP contribution in [0.1, 0.15) is 25.8 Å². The molecule has 130 valence electrons. The first-order chi connectivity index (χ1) is 12.2. The second kappa shape index (κ2) is 9.33. The molecule has 0 bridgehead atoms. The second-order valence-corrected chi connectivity index (χ2v) is 5.64. The van der Waals surface area contributed by atoms with Crippen LogP contribution < -0.4 is 15.5 Å². The van der Waals surface area contributed by atoms with E-state index in [2.05, 4.69) is 35.5 Å². The summed E-state index contributed by atoms with van der Waals surface area (Å²) in [4.78, 5) is 14.3. The molecule has 5 heteroatoms. The summed E-state index contributed by atoms with van der Waals surface area (Å²) in [5.41, 5.74) is 3.40. The summed E-state index contributed by atoms with van der Waals surface area (Å²) in [5, 5.41) is 14.9. The van der Waals surface area contributed by atoms with Crippen molar-refractivity contribution < 1.29 is 4.79 Å². The molecule has 0 heterocycles. The number of benzene rings is 2. The Kier molecular flexibility index (Phi) is 6.85. The zero-order chi connectivity index (χ0) is 18.1. The van der Waals surface area contributed by atoms with Crippen molar-refractivity contribution in [2.45, 2.75) is 20.3 Å². The van der Waals surface area contributed by atoms with Gasteiger partial charge in [-0.1, -0.05) is 6.07 Å². The Labute approximate surface area is 149 Å². The molecule has 0 saturated heterocycles. The highest BCUT2D eigenvalue weighted by Gasteiger charge is 2.05. The van der Waals surface area contributed by atoms with E-state index in [4.69, 9.17) is 5.26 Å². The maximum atomic E-state index is 12.0. The van der Waals surface area contributed by atoms with Crippen molar-refractivity contribution in [2.75, 3.05) is 35.2 Å². The molecule has 0 aliphatic rings. The Morgan fingerprint density at radius 3 is 2.44 bits per heavy atom. The third-order valence-electron chi connectivity index (χ3n) is 3.95. The lowest BCUT2D eigenvalue weighted by Gasteiger charge is -2.21. The maximum Gasteiger partial charge on any atom is 0.226 e. The number of carbonyl (C=O) groups excluding carboxylic acids is 1. The van der Waals surface area contributed by atoms with Gasteiger partial charge in [-0.3, -0.25) is 4.79 Å². The number of nitrogens with one attached hydrogen (secondary N) is 2. The van der Waals surface area contributed by atoms with Gasteiger partial charge in [0.2, 0.25) is 5.91 Å². The van der Waals surface area contributed by atoms with Gasteiger partial charge in [0.15, 0.2) is 0 Å². The second-order valence-electron chi connectivity index (χ2n) is 5.64. The Bertz CT molecular complexity index is 730. The van der Waals surface area contributed by atoms with Crippen molar-refractivity contribution in [1.82, 2.24) is 0 Å². The predicted molar refractivity (Wildman–Crippen MR) is 103 cm³/mol.